The zero-order valence-corrected chi connectivity index (χ0v) is 33.8. The number of carbonyl (C=O) groups excluding carboxylic acids is 2. The first kappa shape index (κ1) is 55.7. The monoisotopic (exact) mass is 933 g/mol. The lowest BCUT2D eigenvalue weighted by atomic mass is 9.96. The van der Waals surface area contributed by atoms with E-state index in [0.29, 0.717) is 0 Å². The van der Waals surface area contributed by atoms with Crippen molar-refractivity contribution in [3.63, 3.8) is 0 Å². The third kappa shape index (κ3) is 19.7. The smallest absolute Gasteiger partial charge is 0.341 e. The minimum absolute atomic E-state index is 0.223. The molecule has 0 aromatic carbocycles. The van der Waals surface area contributed by atoms with Gasteiger partial charge in [-0.1, -0.05) is 0 Å². The van der Waals surface area contributed by atoms with E-state index >= 15 is 0 Å². The zero-order valence-electron chi connectivity index (χ0n) is 32.0. The molecule has 17 N–H and O–H groups in total. The Morgan fingerprint density at radius 2 is 1.10 bits per heavy atom. The number of carboxylic acid groups (broad SMARTS) is 4. The summed E-state index contributed by atoms with van der Waals surface area (Å²) in [6.07, 6.45) is -16.5. The maximum atomic E-state index is 13.1. The van der Waals surface area contributed by atoms with Gasteiger partial charge in [0.15, 0.2) is 11.7 Å². The van der Waals surface area contributed by atoms with Gasteiger partial charge in [-0.15, -0.1) is 0 Å². The highest BCUT2D eigenvalue weighted by Crippen LogP contribution is 2.61. The second kappa shape index (κ2) is 25.7. The molecule has 1 rings (SSSR count). The third-order valence-electron chi connectivity index (χ3n) is 8.77. The number of ether oxygens (including phenoxy) is 2. The molecular formula is C29H53N5O25P2. The van der Waals surface area contributed by atoms with Crippen LogP contribution in [-0.2, 0) is 47.4 Å². The standard InChI is InChI=1S/C29H53N5O25P2/c35-11-14(30-18(40)6-33(8-20(43)44)3-1-32(7-19(41)42)2-4-34(9-21(45)46)10-22(47)48)25(49)28(15(38)12-36)59-29-24(27(51)26(50)16(13-37)58-29)31-17(39)5-23(60(52,53)54)61(55,56)57/h14-16,23-29,35-38,49-51H,1-13H2,(H,30,40)(H,31,39)(H,41,42)(H,43,44)(H,45,46)(H,47,48)(H2,52,53,54)(H2,55,56,57)/t14?,15?,16?,24?,25-,26+,27-,28-,29+/m1/s1. The summed E-state index contributed by atoms with van der Waals surface area (Å²) < 4.78 is 34.3. The molecule has 61 heavy (non-hydrogen) atoms. The van der Waals surface area contributed by atoms with Gasteiger partial charge in [0, 0.05) is 26.2 Å². The van der Waals surface area contributed by atoms with Crippen LogP contribution in [-0.4, -0.2) is 265 Å². The van der Waals surface area contributed by atoms with E-state index in [0.717, 1.165) is 9.80 Å². The average molecular weight is 934 g/mol. The number of aliphatic carboxylic acids is 4. The molecule has 1 fully saturated rings. The van der Waals surface area contributed by atoms with Gasteiger partial charge in [0.05, 0.1) is 65.0 Å². The largest absolute Gasteiger partial charge is 0.480 e. The Labute approximate surface area is 344 Å². The lowest BCUT2D eigenvalue weighted by Gasteiger charge is -2.44. The van der Waals surface area contributed by atoms with Gasteiger partial charge in [0.1, 0.15) is 42.7 Å². The molecule has 1 aliphatic heterocycles. The first-order valence-electron chi connectivity index (χ1n) is 17.7. The predicted molar refractivity (Wildman–Crippen MR) is 195 cm³/mol. The number of amides is 2. The maximum absolute atomic E-state index is 13.1. The minimum Gasteiger partial charge on any atom is -0.480 e. The van der Waals surface area contributed by atoms with Gasteiger partial charge in [-0.05, 0) is 0 Å². The van der Waals surface area contributed by atoms with Crippen molar-refractivity contribution in [1.82, 2.24) is 25.3 Å². The summed E-state index contributed by atoms with van der Waals surface area (Å²) in [5.41, 5.74) is 0. The number of hydrogen-bond donors (Lipinski definition) is 17. The number of carboxylic acids is 4. The van der Waals surface area contributed by atoms with Crippen LogP contribution in [0, 0.1) is 0 Å². The van der Waals surface area contributed by atoms with E-state index in [-0.39, 0.29) is 26.2 Å². The summed E-state index contributed by atoms with van der Waals surface area (Å²) in [4.78, 5) is 112. The molecule has 9 atom stereocenters. The van der Waals surface area contributed by atoms with E-state index in [4.69, 9.17) is 19.7 Å². The molecule has 30 nitrogen and oxygen atoms in total. The van der Waals surface area contributed by atoms with Crippen LogP contribution in [0.25, 0.3) is 0 Å². The molecule has 1 saturated heterocycles. The SMILES string of the molecule is O=C(O)CN(CCN(CC(=O)O)CC(=O)O)CCN(CC(=O)O)CC(=O)NC(CO)[C@@H](O)[C@H](O[C@@H]1OC(CO)[C@H](O)[C@H](O)C1NC(=O)CC(P(=O)(O)O)P(=O)(O)O)C(O)CO. The minimum atomic E-state index is -5.66. The summed E-state index contributed by atoms with van der Waals surface area (Å²) >= 11 is 0. The topological polar surface area (TPSA) is 492 Å². The third-order valence-corrected chi connectivity index (χ3v) is 12.5. The number of nitrogens with zero attached hydrogens (tertiary/aromatic N) is 3. The van der Waals surface area contributed by atoms with Gasteiger partial charge in [-0.3, -0.25) is 52.6 Å². The molecule has 0 radical (unpaired) electrons. The number of rotatable bonds is 30. The summed E-state index contributed by atoms with van der Waals surface area (Å²) in [6.45, 7) is -8.38. The van der Waals surface area contributed by atoms with E-state index in [9.17, 15) is 103 Å². The van der Waals surface area contributed by atoms with E-state index in [1.165, 1.54) is 4.90 Å². The fourth-order valence-electron chi connectivity index (χ4n) is 5.81. The fourth-order valence-corrected chi connectivity index (χ4v) is 8.18. The molecule has 0 aromatic rings. The fraction of sp³-hybridized carbons (Fsp3) is 0.793. The molecule has 0 aromatic heterocycles. The Balaban J connectivity index is 3.29. The second-order valence-corrected chi connectivity index (χ2v) is 17.6. The average Bonchev–Trinajstić information content (AvgIpc) is 3.12. The quantitative estimate of drug-likeness (QED) is 0.0297. The molecule has 0 saturated carbocycles. The van der Waals surface area contributed by atoms with Crippen molar-refractivity contribution >= 4 is 50.9 Å². The van der Waals surface area contributed by atoms with Crippen molar-refractivity contribution in [2.24, 2.45) is 0 Å². The van der Waals surface area contributed by atoms with Gasteiger partial charge in [0.2, 0.25) is 11.8 Å². The first-order valence-corrected chi connectivity index (χ1v) is 21.1. The summed E-state index contributed by atoms with van der Waals surface area (Å²) in [5.74, 6) is -8.30. The molecule has 4 unspecified atom stereocenters. The van der Waals surface area contributed by atoms with Crippen molar-refractivity contribution in [3.05, 3.63) is 0 Å². The highest BCUT2D eigenvalue weighted by Gasteiger charge is 2.50. The second-order valence-electron chi connectivity index (χ2n) is 13.6. The molecule has 0 bridgehead atoms. The number of hydrogen-bond acceptors (Lipinski definition) is 20. The van der Waals surface area contributed by atoms with Gasteiger partial charge in [-0.25, -0.2) is 0 Å². The lowest BCUT2D eigenvalue weighted by Crippen LogP contribution is -2.67. The van der Waals surface area contributed by atoms with Crippen LogP contribution in [0.1, 0.15) is 6.42 Å². The lowest BCUT2D eigenvalue weighted by molar-refractivity contribution is -0.300. The normalized spacial score (nSPS) is 21.9. The Hall–Kier alpha value is -3.36. The van der Waals surface area contributed by atoms with Crippen LogP contribution in [0.15, 0.2) is 0 Å². The van der Waals surface area contributed by atoms with Gasteiger partial charge >= 0.3 is 39.1 Å². The zero-order chi connectivity index (χ0) is 47.0. The van der Waals surface area contributed by atoms with Gasteiger partial charge in [0.25, 0.3) is 0 Å². The molecule has 0 aliphatic carbocycles. The molecule has 32 heteroatoms. The van der Waals surface area contributed by atoms with Crippen molar-refractivity contribution in [3.8, 4) is 0 Å². The highest BCUT2D eigenvalue weighted by molar-refractivity contribution is 7.70. The Kier molecular flexibility index (Phi) is 23.4. The molecule has 0 spiro atoms. The molecular weight excluding hydrogens is 880 g/mol. The molecule has 2 amide bonds. The molecule has 354 valence electrons. The van der Waals surface area contributed by atoms with Crippen LogP contribution in [0.3, 0.4) is 0 Å². The van der Waals surface area contributed by atoms with Crippen LogP contribution in [0.4, 0.5) is 0 Å². The van der Waals surface area contributed by atoms with Crippen molar-refractivity contribution < 1.29 is 123 Å². The van der Waals surface area contributed by atoms with Gasteiger partial charge < -0.3 is 95.9 Å². The summed E-state index contributed by atoms with van der Waals surface area (Å²) in [6, 6.07) is -3.97. The number of aliphatic hydroxyl groups excluding tert-OH is 7. The van der Waals surface area contributed by atoms with Gasteiger partial charge in [-0.2, -0.15) is 0 Å². The predicted octanol–water partition coefficient (Wildman–Crippen LogP) is -9.20. The Bertz CT molecular complexity index is 1530. The van der Waals surface area contributed by atoms with E-state index < -0.39 is 170 Å². The summed E-state index contributed by atoms with van der Waals surface area (Å²) in [5, 5.41) is 111. The van der Waals surface area contributed by atoms with E-state index in [1.54, 1.807) is 0 Å². The number of aliphatic hydroxyl groups is 7. The number of nitrogens with one attached hydrogen (secondary N) is 2. The van der Waals surface area contributed by atoms with Crippen molar-refractivity contribution in [2.75, 3.05) is 78.7 Å². The maximum Gasteiger partial charge on any atom is 0.341 e. The van der Waals surface area contributed by atoms with Crippen LogP contribution in [0.5, 0.6) is 0 Å². The first-order chi connectivity index (χ1) is 28.1. The Morgan fingerprint density at radius 3 is 1.51 bits per heavy atom. The number of carbonyl (C=O) groups is 6. The molecule has 1 heterocycles. The van der Waals surface area contributed by atoms with Crippen molar-refractivity contribution in [2.45, 2.75) is 66.8 Å². The van der Waals surface area contributed by atoms with Crippen LogP contribution < -0.4 is 10.6 Å². The van der Waals surface area contributed by atoms with Crippen molar-refractivity contribution in [1.29, 1.82) is 0 Å². The highest BCUT2D eigenvalue weighted by atomic mass is 31.2. The van der Waals surface area contributed by atoms with Crippen LogP contribution in [0.2, 0.25) is 0 Å². The van der Waals surface area contributed by atoms with Crippen LogP contribution >= 0.6 is 15.2 Å². The Morgan fingerprint density at radius 1 is 0.656 bits per heavy atom. The molecule has 1 aliphatic rings. The summed E-state index contributed by atoms with van der Waals surface area (Å²) in [7, 11) is -11.3. The van der Waals surface area contributed by atoms with E-state index in [1.807, 2.05) is 5.32 Å². The van der Waals surface area contributed by atoms with E-state index in [2.05, 4.69) is 5.32 Å².